The van der Waals surface area contributed by atoms with E-state index in [0.717, 1.165) is 0 Å². The molecule has 15 heavy (non-hydrogen) atoms. The minimum Gasteiger partial charge on any atom is -0.347 e. The van der Waals surface area contributed by atoms with Crippen LogP contribution >= 0.6 is 0 Å². The molecule has 1 heterocycles. The first kappa shape index (κ1) is 10.3. The van der Waals surface area contributed by atoms with Crippen molar-refractivity contribution in [1.82, 2.24) is 4.57 Å². The monoisotopic (exact) mass is 201 g/mol. The fourth-order valence-corrected chi connectivity index (χ4v) is 2.09. The molecule has 2 rings (SSSR count). The van der Waals surface area contributed by atoms with E-state index < -0.39 is 0 Å². The molecule has 1 unspecified atom stereocenters. The van der Waals surface area contributed by atoms with Crippen LogP contribution in [0, 0.1) is 5.92 Å². The van der Waals surface area contributed by atoms with E-state index in [1.54, 1.807) is 0 Å². The van der Waals surface area contributed by atoms with Crippen LogP contribution in [0.25, 0.3) is 10.9 Å². The van der Waals surface area contributed by atoms with Gasteiger partial charge in [-0.05, 0) is 29.4 Å². The Morgan fingerprint density at radius 3 is 2.33 bits per heavy atom. The molecule has 0 saturated heterocycles. The summed E-state index contributed by atoms with van der Waals surface area (Å²) in [7, 11) is 2.16. The van der Waals surface area contributed by atoms with Gasteiger partial charge in [-0.25, -0.2) is 0 Å². The number of benzene rings is 1. The number of para-hydroxylation sites is 1. The summed E-state index contributed by atoms with van der Waals surface area (Å²) in [6, 6.07) is 10.9. The van der Waals surface area contributed by atoms with E-state index in [-0.39, 0.29) is 0 Å². The van der Waals surface area contributed by atoms with Crippen molar-refractivity contribution in [2.45, 2.75) is 26.7 Å². The van der Waals surface area contributed by atoms with Crippen molar-refractivity contribution >= 4 is 10.9 Å². The summed E-state index contributed by atoms with van der Waals surface area (Å²) in [6.07, 6.45) is 0. The highest BCUT2D eigenvalue weighted by atomic mass is 14.9. The van der Waals surface area contributed by atoms with E-state index in [1.165, 1.54) is 16.6 Å². The van der Waals surface area contributed by atoms with Gasteiger partial charge in [0.15, 0.2) is 0 Å². The average Bonchev–Trinajstić information content (AvgIpc) is 2.56. The molecule has 80 valence electrons. The fraction of sp³-hybridized carbons (Fsp3) is 0.429. The van der Waals surface area contributed by atoms with Crippen molar-refractivity contribution in [3.63, 3.8) is 0 Å². The third kappa shape index (κ3) is 1.67. The number of fused-ring (bicyclic) bond motifs is 1. The van der Waals surface area contributed by atoms with Crippen LogP contribution in [0.1, 0.15) is 32.4 Å². The van der Waals surface area contributed by atoms with Crippen LogP contribution < -0.4 is 0 Å². The minimum atomic E-state index is 0.613. The lowest BCUT2D eigenvalue weighted by molar-refractivity contribution is 0.512. The van der Waals surface area contributed by atoms with Gasteiger partial charge in [0.2, 0.25) is 0 Å². The van der Waals surface area contributed by atoms with Gasteiger partial charge >= 0.3 is 0 Å². The van der Waals surface area contributed by atoms with Crippen LogP contribution in [0.3, 0.4) is 0 Å². The summed E-state index contributed by atoms with van der Waals surface area (Å²) < 4.78 is 2.32. The number of hydrogen-bond acceptors (Lipinski definition) is 0. The van der Waals surface area contributed by atoms with Crippen molar-refractivity contribution in [2.75, 3.05) is 0 Å². The zero-order chi connectivity index (χ0) is 11.0. The molecule has 1 atom stereocenters. The standard InChI is InChI=1S/C14H19N/c1-10(2)11(3)14-9-12-7-5-6-8-13(12)15(14)4/h5-11H,1-4H3. The summed E-state index contributed by atoms with van der Waals surface area (Å²) in [5.74, 6) is 1.30. The molecular weight excluding hydrogens is 182 g/mol. The van der Waals surface area contributed by atoms with E-state index in [0.29, 0.717) is 11.8 Å². The highest BCUT2D eigenvalue weighted by molar-refractivity contribution is 5.81. The first-order valence-corrected chi connectivity index (χ1v) is 5.65. The van der Waals surface area contributed by atoms with Crippen LogP contribution in [-0.2, 0) is 7.05 Å². The number of nitrogens with zero attached hydrogens (tertiary/aromatic N) is 1. The van der Waals surface area contributed by atoms with Gasteiger partial charge in [-0.1, -0.05) is 39.0 Å². The maximum Gasteiger partial charge on any atom is 0.0479 e. The topological polar surface area (TPSA) is 4.93 Å². The molecule has 0 radical (unpaired) electrons. The Balaban J connectivity index is 2.58. The normalized spacial score (nSPS) is 13.7. The van der Waals surface area contributed by atoms with Gasteiger partial charge in [0.25, 0.3) is 0 Å². The Hall–Kier alpha value is -1.24. The predicted molar refractivity (Wildman–Crippen MR) is 66.2 cm³/mol. The Morgan fingerprint density at radius 2 is 1.73 bits per heavy atom. The Kier molecular flexibility index (Phi) is 2.56. The van der Waals surface area contributed by atoms with Gasteiger partial charge in [0.05, 0.1) is 0 Å². The Bertz CT molecular complexity index is 465. The molecule has 0 bridgehead atoms. The van der Waals surface area contributed by atoms with E-state index in [4.69, 9.17) is 0 Å². The second-order valence-electron chi connectivity index (χ2n) is 4.72. The quantitative estimate of drug-likeness (QED) is 0.693. The lowest BCUT2D eigenvalue weighted by atomic mass is 9.94. The largest absolute Gasteiger partial charge is 0.347 e. The summed E-state index contributed by atoms with van der Waals surface area (Å²) in [5, 5.41) is 1.35. The smallest absolute Gasteiger partial charge is 0.0479 e. The molecule has 0 aliphatic heterocycles. The number of rotatable bonds is 2. The third-order valence-corrected chi connectivity index (χ3v) is 3.46. The molecule has 0 aliphatic carbocycles. The second kappa shape index (κ2) is 3.73. The van der Waals surface area contributed by atoms with E-state index in [9.17, 15) is 0 Å². The lowest BCUT2D eigenvalue weighted by Crippen LogP contribution is -2.06. The van der Waals surface area contributed by atoms with Gasteiger partial charge < -0.3 is 4.57 Å². The SMILES string of the molecule is CC(C)C(C)c1cc2ccccc2n1C. The van der Waals surface area contributed by atoms with Crippen molar-refractivity contribution < 1.29 is 0 Å². The Labute approximate surface area is 91.7 Å². The minimum absolute atomic E-state index is 0.613. The second-order valence-corrected chi connectivity index (χ2v) is 4.72. The van der Waals surface area contributed by atoms with Crippen LogP contribution in [0.4, 0.5) is 0 Å². The van der Waals surface area contributed by atoms with Crippen molar-refractivity contribution in [3.05, 3.63) is 36.0 Å². The fourth-order valence-electron chi connectivity index (χ4n) is 2.09. The highest BCUT2D eigenvalue weighted by Crippen LogP contribution is 2.28. The molecule has 1 nitrogen and oxygen atoms in total. The molecule has 2 aromatic rings. The first-order valence-electron chi connectivity index (χ1n) is 5.65. The molecular formula is C14H19N. The summed E-state index contributed by atoms with van der Waals surface area (Å²) >= 11 is 0. The van der Waals surface area contributed by atoms with Crippen LogP contribution in [0.15, 0.2) is 30.3 Å². The molecule has 1 aromatic heterocycles. The summed E-state index contributed by atoms with van der Waals surface area (Å²) in [4.78, 5) is 0. The molecule has 0 amide bonds. The number of hydrogen-bond donors (Lipinski definition) is 0. The molecule has 0 N–H and O–H groups in total. The van der Waals surface area contributed by atoms with Crippen molar-refractivity contribution in [1.29, 1.82) is 0 Å². The molecule has 0 aliphatic rings. The molecule has 1 aromatic carbocycles. The maximum absolute atomic E-state index is 2.32. The van der Waals surface area contributed by atoms with E-state index in [1.807, 2.05) is 0 Å². The molecule has 0 fully saturated rings. The summed E-state index contributed by atoms with van der Waals surface area (Å²) in [6.45, 7) is 6.86. The van der Waals surface area contributed by atoms with Crippen LogP contribution in [0.2, 0.25) is 0 Å². The molecule has 0 spiro atoms. The van der Waals surface area contributed by atoms with Crippen LogP contribution in [0.5, 0.6) is 0 Å². The molecule has 1 heteroatoms. The van der Waals surface area contributed by atoms with Crippen LogP contribution in [-0.4, -0.2) is 4.57 Å². The van der Waals surface area contributed by atoms with Crippen molar-refractivity contribution in [3.8, 4) is 0 Å². The maximum atomic E-state index is 2.32. The lowest BCUT2D eigenvalue weighted by Gasteiger charge is -2.16. The Morgan fingerprint density at radius 1 is 1.07 bits per heavy atom. The zero-order valence-corrected chi connectivity index (χ0v) is 9.99. The van der Waals surface area contributed by atoms with Gasteiger partial charge in [-0.3, -0.25) is 0 Å². The first-order chi connectivity index (χ1) is 7.11. The van der Waals surface area contributed by atoms with Gasteiger partial charge in [-0.2, -0.15) is 0 Å². The van der Waals surface area contributed by atoms with Gasteiger partial charge in [0, 0.05) is 18.3 Å². The highest BCUT2D eigenvalue weighted by Gasteiger charge is 2.14. The molecule has 0 saturated carbocycles. The van der Waals surface area contributed by atoms with E-state index in [2.05, 4.69) is 62.7 Å². The van der Waals surface area contributed by atoms with Gasteiger partial charge in [0.1, 0.15) is 0 Å². The zero-order valence-electron chi connectivity index (χ0n) is 9.99. The number of aryl methyl sites for hydroxylation is 1. The number of aromatic nitrogens is 1. The predicted octanol–water partition coefficient (Wildman–Crippen LogP) is 3.94. The third-order valence-electron chi connectivity index (χ3n) is 3.46. The van der Waals surface area contributed by atoms with Crippen molar-refractivity contribution in [2.24, 2.45) is 13.0 Å². The average molecular weight is 201 g/mol. The van der Waals surface area contributed by atoms with Gasteiger partial charge in [-0.15, -0.1) is 0 Å². The summed E-state index contributed by atoms with van der Waals surface area (Å²) in [5.41, 5.74) is 2.77. The van der Waals surface area contributed by atoms with E-state index >= 15 is 0 Å².